The molecule has 0 aromatic carbocycles. The molecule has 2 aromatic heterocycles. The summed E-state index contributed by atoms with van der Waals surface area (Å²) in [4.78, 5) is 43.4. The molecule has 3 aliphatic heterocycles. The molecule has 9 heteroatoms. The number of aryl methyl sites for hydroxylation is 1. The summed E-state index contributed by atoms with van der Waals surface area (Å²) in [6.07, 6.45) is 3.70. The molecule has 5 heterocycles. The lowest BCUT2D eigenvalue weighted by Gasteiger charge is -2.44. The first-order valence-electron chi connectivity index (χ1n) is 8.58. The normalized spacial score (nSPS) is 25.4. The van der Waals surface area contributed by atoms with Crippen molar-refractivity contribution in [3.8, 4) is 0 Å². The van der Waals surface area contributed by atoms with Crippen molar-refractivity contribution >= 4 is 17.1 Å². The molecule has 2 aromatic rings. The van der Waals surface area contributed by atoms with Gasteiger partial charge in [0.15, 0.2) is 11.2 Å². The predicted octanol–water partition coefficient (Wildman–Crippen LogP) is -1.36. The van der Waals surface area contributed by atoms with Crippen molar-refractivity contribution in [1.29, 1.82) is 0 Å². The fourth-order valence-electron chi connectivity index (χ4n) is 4.05. The van der Waals surface area contributed by atoms with Gasteiger partial charge in [0.1, 0.15) is 6.54 Å². The lowest BCUT2D eigenvalue weighted by Crippen LogP contribution is -2.57. The van der Waals surface area contributed by atoms with Crippen LogP contribution in [0.2, 0.25) is 0 Å². The first kappa shape index (κ1) is 16.1. The van der Waals surface area contributed by atoms with Gasteiger partial charge in [0.2, 0.25) is 5.91 Å². The number of carbonyl (C=O) groups is 1. The molecule has 25 heavy (non-hydrogen) atoms. The van der Waals surface area contributed by atoms with Crippen LogP contribution in [0.5, 0.6) is 0 Å². The second-order valence-corrected chi connectivity index (χ2v) is 7.06. The molecule has 134 valence electrons. The molecule has 0 saturated carbocycles. The Morgan fingerprint density at radius 1 is 1.24 bits per heavy atom. The van der Waals surface area contributed by atoms with E-state index in [9.17, 15) is 14.4 Å². The van der Waals surface area contributed by atoms with E-state index in [1.54, 1.807) is 7.05 Å². The van der Waals surface area contributed by atoms with Gasteiger partial charge >= 0.3 is 5.69 Å². The van der Waals surface area contributed by atoms with Gasteiger partial charge in [0.05, 0.1) is 6.33 Å². The molecule has 9 nitrogen and oxygen atoms in total. The molecule has 3 fully saturated rings. The van der Waals surface area contributed by atoms with Crippen molar-refractivity contribution in [2.45, 2.75) is 25.4 Å². The summed E-state index contributed by atoms with van der Waals surface area (Å²) in [5.41, 5.74) is -0.303. The smallest absolute Gasteiger partial charge is 0.332 e. The number of amides is 1. The third kappa shape index (κ3) is 2.58. The van der Waals surface area contributed by atoms with Crippen LogP contribution in [0.25, 0.3) is 11.2 Å². The van der Waals surface area contributed by atoms with Crippen LogP contribution < -0.4 is 16.6 Å². The van der Waals surface area contributed by atoms with E-state index >= 15 is 0 Å². The Kier molecular flexibility index (Phi) is 3.75. The SMILES string of the molecule is Cn1c(=O)c2c(ncn2CC(=O)N[C@H]2CN3CCC2CC3)n(C)c1=O. The van der Waals surface area contributed by atoms with Gasteiger partial charge in [-0.15, -0.1) is 0 Å². The molecular weight excluding hydrogens is 324 g/mol. The maximum absolute atomic E-state index is 12.5. The Hall–Kier alpha value is -2.42. The summed E-state index contributed by atoms with van der Waals surface area (Å²) < 4.78 is 3.87. The van der Waals surface area contributed by atoms with E-state index in [1.807, 2.05) is 0 Å². The number of piperidine rings is 3. The minimum atomic E-state index is -0.439. The highest BCUT2D eigenvalue weighted by Gasteiger charge is 2.34. The van der Waals surface area contributed by atoms with E-state index in [0.29, 0.717) is 11.6 Å². The highest BCUT2D eigenvalue weighted by molar-refractivity contribution is 5.79. The first-order valence-corrected chi connectivity index (χ1v) is 8.58. The quantitative estimate of drug-likeness (QED) is 0.741. The third-order valence-electron chi connectivity index (χ3n) is 5.53. The number of hydrogen-bond acceptors (Lipinski definition) is 5. The van der Waals surface area contributed by atoms with Gasteiger partial charge < -0.3 is 14.8 Å². The Labute approximate surface area is 143 Å². The summed E-state index contributed by atoms with van der Waals surface area (Å²) in [6, 6.07) is 0.178. The predicted molar refractivity (Wildman–Crippen MR) is 91.3 cm³/mol. The monoisotopic (exact) mass is 346 g/mol. The minimum Gasteiger partial charge on any atom is -0.350 e. The standard InChI is InChI=1S/C16H22N6O3/c1-19-14-13(15(24)20(2)16(19)25)22(9-17-14)8-12(23)18-11-7-21-5-3-10(11)4-6-21/h9-11H,3-8H2,1-2H3,(H,18,23)/t11-/m0/s1. The van der Waals surface area contributed by atoms with Crippen LogP contribution in [0.1, 0.15) is 12.8 Å². The van der Waals surface area contributed by atoms with Crippen LogP contribution >= 0.6 is 0 Å². The molecule has 0 aliphatic carbocycles. The maximum Gasteiger partial charge on any atom is 0.332 e. The van der Waals surface area contributed by atoms with Crippen molar-refractivity contribution in [3.63, 3.8) is 0 Å². The minimum absolute atomic E-state index is 0.0210. The fourth-order valence-corrected chi connectivity index (χ4v) is 4.05. The molecule has 3 saturated heterocycles. The van der Waals surface area contributed by atoms with Crippen LogP contribution in [0.15, 0.2) is 15.9 Å². The lowest BCUT2D eigenvalue weighted by atomic mass is 9.84. The zero-order valence-corrected chi connectivity index (χ0v) is 14.4. The van der Waals surface area contributed by atoms with E-state index < -0.39 is 11.2 Å². The van der Waals surface area contributed by atoms with Crippen LogP contribution in [0.4, 0.5) is 0 Å². The molecule has 2 bridgehead atoms. The van der Waals surface area contributed by atoms with Gasteiger partial charge in [0.25, 0.3) is 5.56 Å². The average molecular weight is 346 g/mol. The fraction of sp³-hybridized carbons (Fsp3) is 0.625. The van der Waals surface area contributed by atoms with Gasteiger partial charge in [-0.1, -0.05) is 0 Å². The van der Waals surface area contributed by atoms with Crippen LogP contribution in [-0.2, 0) is 25.4 Å². The summed E-state index contributed by atoms with van der Waals surface area (Å²) in [7, 11) is 2.99. The van der Waals surface area contributed by atoms with E-state index in [4.69, 9.17) is 0 Å². The van der Waals surface area contributed by atoms with Gasteiger partial charge in [0, 0.05) is 26.7 Å². The van der Waals surface area contributed by atoms with Crippen molar-refractivity contribution < 1.29 is 4.79 Å². The Morgan fingerprint density at radius 3 is 2.60 bits per heavy atom. The van der Waals surface area contributed by atoms with E-state index in [2.05, 4.69) is 15.2 Å². The Morgan fingerprint density at radius 2 is 1.96 bits per heavy atom. The Bertz CT molecular complexity index is 947. The summed E-state index contributed by atoms with van der Waals surface area (Å²) in [5.74, 6) is 0.413. The lowest BCUT2D eigenvalue weighted by molar-refractivity contribution is -0.123. The zero-order chi connectivity index (χ0) is 17.7. The molecule has 1 amide bonds. The van der Waals surface area contributed by atoms with Gasteiger partial charge in [-0.2, -0.15) is 0 Å². The Balaban J connectivity index is 1.58. The third-order valence-corrected chi connectivity index (χ3v) is 5.53. The number of aromatic nitrogens is 4. The number of fused-ring (bicyclic) bond motifs is 4. The molecule has 3 aliphatic rings. The van der Waals surface area contributed by atoms with Crippen LogP contribution in [-0.4, -0.2) is 55.2 Å². The largest absolute Gasteiger partial charge is 0.350 e. The molecule has 1 atom stereocenters. The summed E-state index contributed by atoms with van der Waals surface area (Å²) >= 11 is 0. The number of nitrogens with one attached hydrogen (secondary N) is 1. The van der Waals surface area contributed by atoms with Crippen molar-refractivity contribution in [1.82, 2.24) is 28.9 Å². The maximum atomic E-state index is 12.5. The molecule has 1 N–H and O–H groups in total. The van der Waals surface area contributed by atoms with Crippen LogP contribution in [0, 0.1) is 5.92 Å². The second-order valence-electron chi connectivity index (χ2n) is 7.06. The van der Waals surface area contributed by atoms with E-state index in [0.717, 1.165) is 37.0 Å². The molecule has 0 unspecified atom stereocenters. The highest BCUT2D eigenvalue weighted by atomic mass is 16.2. The van der Waals surface area contributed by atoms with Crippen molar-refractivity contribution in [3.05, 3.63) is 27.2 Å². The highest BCUT2D eigenvalue weighted by Crippen LogP contribution is 2.27. The first-order chi connectivity index (χ1) is 12.0. The summed E-state index contributed by atoms with van der Waals surface area (Å²) in [5, 5.41) is 3.11. The number of rotatable bonds is 3. The summed E-state index contributed by atoms with van der Waals surface area (Å²) in [6.45, 7) is 3.16. The number of nitrogens with zero attached hydrogens (tertiary/aromatic N) is 5. The van der Waals surface area contributed by atoms with E-state index in [-0.39, 0.29) is 24.0 Å². The second kappa shape index (κ2) is 5.83. The zero-order valence-electron chi connectivity index (χ0n) is 14.4. The van der Waals surface area contributed by atoms with Gasteiger partial charge in [-0.25, -0.2) is 9.78 Å². The molecular formula is C16H22N6O3. The van der Waals surface area contributed by atoms with Crippen molar-refractivity contribution in [2.24, 2.45) is 20.0 Å². The topological polar surface area (TPSA) is 94.2 Å². The molecule has 0 radical (unpaired) electrons. The van der Waals surface area contributed by atoms with Crippen molar-refractivity contribution in [2.75, 3.05) is 19.6 Å². The number of imidazole rings is 1. The van der Waals surface area contributed by atoms with Gasteiger partial charge in [-0.3, -0.25) is 18.7 Å². The average Bonchev–Trinajstić information content (AvgIpc) is 3.02. The van der Waals surface area contributed by atoms with E-state index in [1.165, 1.54) is 22.5 Å². The molecule has 5 rings (SSSR count). The number of carbonyl (C=O) groups excluding carboxylic acids is 1. The molecule has 0 spiro atoms. The number of hydrogen-bond donors (Lipinski definition) is 1. The van der Waals surface area contributed by atoms with Crippen LogP contribution in [0.3, 0.4) is 0 Å². The van der Waals surface area contributed by atoms with Gasteiger partial charge in [-0.05, 0) is 31.8 Å².